The van der Waals surface area contributed by atoms with Crippen LogP contribution in [-0.4, -0.2) is 20.2 Å². The smallest absolute Gasteiger partial charge is 0.262 e. The number of hydrogen-bond donors (Lipinski definition) is 1. The van der Waals surface area contributed by atoms with E-state index in [1.807, 2.05) is 0 Å². The number of carbonyl (C=O) groups is 2. The summed E-state index contributed by atoms with van der Waals surface area (Å²) >= 11 is 0. The summed E-state index contributed by atoms with van der Waals surface area (Å²) in [5.74, 6) is -0.899. The largest absolute Gasteiger partial charge is 0.280 e. The van der Waals surface area contributed by atoms with Gasteiger partial charge in [0.05, 0.1) is 22.4 Å². The molecule has 6 nitrogen and oxygen atoms in total. The summed E-state index contributed by atoms with van der Waals surface area (Å²) in [6.07, 6.45) is 5.98. The Kier molecular flexibility index (Phi) is 4.32. The van der Waals surface area contributed by atoms with Gasteiger partial charge in [-0.25, -0.2) is 13.3 Å². The normalized spacial score (nSPS) is 27.4. The van der Waals surface area contributed by atoms with E-state index in [2.05, 4.69) is 16.9 Å². The second kappa shape index (κ2) is 6.80. The average Bonchev–Trinajstić information content (AvgIpc) is 3.02. The fraction of sp³-hybridized carbons (Fsp3) is 0.304. The molecule has 2 amide bonds. The van der Waals surface area contributed by atoms with Crippen molar-refractivity contribution < 1.29 is 18.0 Å². The van der Waals surface area contributed by atoms with Crippen molar-refractivity contribution in [1.29, 1.82) is 0 Å². The van der Waals surface area contributed by atoms with Gasteiger partial charge in [0.15, 0.2) is 0 Å². The van der Waals surface area contributed by atoms with Crippen LogP contribution in [0.2, 0.25) is 0 Å². The lowest BCUT2D eigenvalue weighted by atomic mass is 9.63. The first-order valence-corrected chi connectivity index (χ1v) is 11.6. The predicted octanol–water partition coefficient (Wildman–Crippen LogP) is 3.50. The number of nitrogens with one attached hydrogen (secondary N) is 1. The lowest BCUT2D eigenvalue weighted by molar-refractivity contribution is -0.124. The zero-order chi connectivity index (χ0) is 21.0. The fourth-order valence-electron chi connectivity index (χ4n) is 5.16. The Morgan fingerprint density at radius 2 is 1.47 bits per heavy atom. The highest BCUT2D eigenvalue weighted by atomic mass is 32.2. The van der Waals surface area contributed by atoms with Crippen LogP contribution in [-0.2, 0) is 19.6 Å². The van der Waals surface area contributed by atoms with Crippen molar-refractivity contribution in [1.82, 2.24) is 0 Å². The zero-order valence-electron chi connectivity index (χ0n) is 16.5. The van der Waals surface area contributed by atoms with Crippen LogP contribution in [0.1, 0.15) is 18.4 Å². The highest BCUT2D eigenvalue weighted by Crippen LogP contribution is 2.50. The molecule has 2 fully saturated rings. The summed E-state index contributed by atoms with van der Waals surface area (Å²) in [5.41, 5.74) is 1.20. The highest BCUT2D eigenvalue weighted by molar-refractivity contribution is 7.92. The lowest BCUT2D eigenvalue weighted by Gasteiger charge is -2.38. The number of imide groups is 1. The SMILES string of the molecule is Cc1c(N2C(=O)C3C4C=CC(CC4)C3C2=O)cccc1S(=O)(=O)Nc1ccccc1. The minimum atomic E-state index is -3.88. The third-order valence-electron chi connectivity index (χ3n) is 6.57. The van der Waals surface area contributed by atoms with Gasteiger partial charge in [-0.3, -0.25) is 14.3 Å². The van der Waals surface area contributed by atoms with E-state index in [9.17, 15) is 18.0 Å². The van der Waals surface area contributed by atoms with E-state index in [4.69, 9.17) is 0 Å². The molecule has 7 heteroatoms. The molecule has 2 aromatic carbocycles. The summed E-state index contributed by atoms with van der Waals surface area (Å²) in [6.45, 7) is 1.64. The lowest BCUT2D eigenvalue weighted by Crippen LogP contribution is -2.38. The van der Waals surface area contributed by atoms with Crippen molar-refractivity contribution in [2.75, 3.05) is 9.62 Å². The number of carbonyl (C=O) groups excluding carboxylic acids is 2. The van der Waals surface area contributed by atoms with Gasteiger partial charge in [-0.05, 0) is 61.4 Å². The second-order valence-corrected chi connectivity index (χ2v) is 9.88. The Morgan fingerprint density at radius 1 is 0.867 bits per heavy atom. The number of hydrogen-bond acceptors (Lipinski definition) is 4. The average molecular weight is 423 g/mol. The highest BCUT2D eigenvalue weighted by Gasteiger charge is 2.57. The van der Waals surface area contributed by atoms with E-state index in [0.717, 1.165) is 12.8 Å². The number of para-hydroxylation sites is 1. The quantitative estimate of drug-likeness (QED) is 0.604. The van der Waals surface area contributed by atoms with Crippen LogP contribution in [0.25, 0.3) is 0 Å². The minimum Gasteiger partial charge on any atom is -0.280 e. The first-order chi connectivity index (χ1) is 14.4. The van der Waals surface area contributed by atoms with Crippen LogP contribution in [0.3, 0.4) is 0 Å². The molecule has 0 radical (unpaired) electrons. The van der Waals surface area contributed by atoms with E-state index in [1.54, 1.807) is 49.4 Å². The third kappa shape index (κ3) is 2.80. The molecular weight excluding hydrogens is 400 g/mol. The van der Waals surface area contributed by atoms with Crippen molar-refractivity contribution in [3.63, 3.8) is 0 Å². The van der Waals surface area contributed by atoms with Crippen molar-refractivity contribution in [2.45, 2.75) is 24.7 Å². The number of fused-ring (bicyclic) bond motifs is 1. The Morgan fingerprint density at radius 3 is 2.03 bits per heavy atom. The van der Waals surface area contributed by atoms with E-state index in [0.29, 0.717) is 16.9 Å². The summed E-state index contributed by atoms with van der Waals surface area (Å²) < 4.78 is 28.6. The van der Waals surface area contributed by atoms with Crippen LogP contribution >= 0.6 is 0 Å². The Balaban J connectivity index is 1.53. The molecule has 30 heavy (non-hydrogen) atoms. The molecule has 0 spiro atoms. The molecule has 2 bridgehead atoms. The van der Waals surface area contributed by atoms with Gasteiger partial charge in [0.1, 0.15) is 0 Å². The number of rotatable bonds is 4. The number of sulfonamides is 1. The predicted molar refractivity (Wildman–Crippen MR) is 113 cm³/mol. The molecule has 1 saturated carbocycles. The van der Waals surface area contributed by atoms with Gasteiger partial charge in [0.25, 0.3) is 10.0 Å². The minimum absolute atomic E-state index is 0.0559. The van der Waals surface area contributed by atoms with E-state index in [-0.39, 0.29) is 40.4 Å². The number of allylic oxidation sites excluding steroid dienone is 2. The van der Waals surface area contributed by atoms with Crippen LogP contribution < -0.4 is 9.62 Å². The fourth-order valence-corrected chi connectivity index (χ4v) is 6.49. The maximum absolute atomic E-state index is 13.3. The molecule has 4 unspecified atom stereocenters. The molecule has 2 aromatic rings. The van der Waals surface area contributed by atoms with Gasteiger partial charge in [0.2, 0.25) is 11.8 Å². The van der Waals surface area contributed by atoms with E-state index >= 15 is 0 Å². The second-order valence-electron chi connectivity index (χ2n) is 8.23. The zero-order valence-corrected chi connectivity index (χ0v) is 17.3. The van der Waals surface area contributed by atoms with Crippen LogP contribution in [0.15, 0.2) is 65.6 Å². The summed E-state index contributed by atoms with van der Waals surface area (Å²) in [7, 11) is -3.88. The molecule has 0 aromatic heterocycles. The molecular formula is C23H22N2O4S. The summed E-state index contributed by atoms with van der Waals surface area (Å²) in [6, 6.07) is 13.3. The van der Waals surface area contributed by atoms with Gasteiger partial charge in [-0.15, -0.1) is 0 Å². The molecule has 1 N–H and O–H groups in total. The topological polar surface area (TPSA) is 83.6 Å². The molecule has 1 aliphatic heterocycles. The van der Waals surface area contributed by atoms with Gasteiger partial charge in [-0.2, -0.15) is 0 Å². The monoisotopic (exact) mass is 422 g/mol. The van der Waals surface area contributed by atoms with Gasteiger partial charge < -0.3 is 0 Å². The van der Waals surface area contributed by atoms with Crippen molar-refractivity contribution in [2.24, 2.45) is 23.7 Å². The van der Waals surface area contributed by atoms with E-state index < -0.39 is 10.0 Å². The molecule has 6 rings (SSSR count). The van der Waals surface area contributed by atoms with Gasteiger partial charge in [-0.1, -0.05) is 36.4 Å². The van der Waals surface area contributed by atoms with Crippen molar-refractivity contribution in [3.8, 4) is 0 Å². The number of nitrogens with zero attached hydrogens (tertiary/aromatic N) is 1. The molecule has 3 aliphatic carbocycles. The standard InChI is InChI=1S/C23H22N2O4S/c1-14-18(8-5-9-19(14)30(28,29)24-17-6-3-2-4-7-17)25-22(26)20-15-10-11-16(13-12-15)21(20)23(25)27/h2-11,15-16,20-21,24H,12-13H2,1H3. The first kappa shape index (κ1) is 19.1. The molecule has 4 aliphatic rings. The number of amides is 2. The van der Waals surface area contributed by atoms with Crippen LogP contribution in [0, 0.1) is 30.6 Å². The van der Waals surface area contributed by atoms with Crippen LogP contribution in [0.5, 0.6) is 0 Å². The summed E-state index contributed by atoms with van der Waals surface area (Å²) in [5, 5.41) is 0. The molecule has 154 valence electrons. The Hall–Kier alpha value is -2.93. The first-order valence-electron chi connectivity index (χ1n) is 10.1. The van der Waals surface area contributed by atoms with Gasteiger partial charge in [0, 0.05) is 5.69 Å². The van der Waals surface area contributed by atoms with E-state index in [1.165, 1.54) is 11.0 Å². The molecule has 1 saturated heterocycles. The maximum atomic E-state index is 13.3. The number of benzene rings is 2. The maximum Gasteiger partial charge on any atom is 0.262 e. The third-order valence-corrected chi connectivity index (χ3v) is 8.10. The van der Waals surface area contributed by atoms with Crippen molar-refractivity contribution >= 4 is 33.2 Å². The van der Waals surface area contributed by atoms with Crippen molar-refractivity contribution in [3.05, 3.63) is 66.2 Å². The number of anilines is 2. The Labute approximate surface area is 175 Å². The Bertz CT molecular complexity index is 1140. The summed E-state index contributed by atoms with van der Waals surface area (Å²) in [4.78, 5) is 27.8. The molecule has 4 atom stereocenters. The molecule has 1 heterocycles. The van der Waals surface area contributed by atoms with Crippen LogP contribution in [0.4, 0.5) is 11.4 Å². The van der Waals surface area contributed by atoms with Gasteiger partial charge >= 0.3 is 0 Å².